The number of aryl methyl sites for hydroxylation is 3. The number of carbonyl (C=O) groups is 3. The monoisotopic (exact) mass is 599 g/mol. The first-order valence-corrected chi connectivity index (χ1v) is 15.7. The van der Waals surface area contributed by atoms with Crippen molar-refractivity contribution in [1.82, 2.24) is 10.2 Å². The molecule has 0 aliphatic heterocycles. The number of hydrogen-bond acceptors (Lipinski definition) is 4. The average Bonchev–Trinajstić information content (AvgIpc) is 2.94. The van der Waals surface area contributed by atoms with E-state index >= 15 is 0 Å². The van der Waals surface area contributed by atoms with Crippen LogP contribution in [0.15, 0.2) is 72.8 Å². The van der Waals surface area contributed by atoms with Crippen molar-refractivity contribution in [3.63, 3.8) is 0 Å². The summed E-state index contributed by atoms with van der Waals surface area (Å²) < 4.78 is 5.57. The number of unbranched alkanes of at least 4 members (excludes halogenated alkanes) is 3. The van der Waals surface area contributed by atoms with Gasteiger partial charge >= 0.3 is 6.09 Å². The summed E-state index contributed by atoms with van der Waals surface area (Å²) >= 11 is 0. The van der Waals surface area contributed by atoms with E-state index in [0.29, 0.717) is 12.2 Å². The highest BCUT2D eigenvalue weighted by Crippen LogP contribution is 2.28. The smallest absolute Gasteiger partial charge is 0.408 e. The van der Waals surface area contributed by atoms with Crippen molar-refractivity contribution in [2.45, 2.75) is 98.3 Å². The van der Waals surface area contributed by atoms with Gasteiger partial charge in [0.2, 0.25) is 5.91 Å². The maximum atomic E-state index is 14.7. The van der Waals surface area contributed by atoms with Crippen LogP contribution in [0.5, 0.6) is 0 Å². The van der Waals surface area contributed by atoms with Crippen LogP contribution in [0.25, 0.3) is 0 Å². The van der Waals surface area contributed by atoms with E-state index in [1.165, 1.54) is 0 Å². The van der Waals surface area contributed by atoms with Crippen molar-refractivity contribution in [2.75, 3.05) is 11.9 Å². The molecule has 3 aromatic carbocycles. The summed E-state index contributed by atoms with van der Waals surface area (Å²) in [5, 5.41) is 5.95. The largest absolute Gasteiger partial charge is 0.444 e. The minimum Gasteiger partial charge on any atom is -0.444 e. The van der Waals surface area contributed by atoms with E-state index in [2.05, 4.69) is 23.6 Å². The maximum Gasteiger partial charge on any atom is 0.408 e. The lowest BCUT2D eigenvalue weighted by Crippen LogP contribution is -2.53. The highest BCUT2D eigenvalue weighted by molar-refractivity contribution is 5.99. The van der Waals surface area contributed by atoms with E-state index in [4.69, 9.17) is 4.74 Å². The molecule has 2 atom stereocenters. The Labute approximate surface area is 263 Å². The van der Waals surface area contributed by atoms with Gasteiger partial charge in [-0.15, -0.1) is 0 Å². The fraction of sp³-hybridized carbons (Fsp3) is 0.432. The second-order valence-electron chi connectivity index (χ2n) is 12.6. The van der Waals surface area contributed by atoms with Crippen LogP contribution < -0.4 is 10.6 Å². The normalized spacial score (nSPS) is 12.6. The number of ether oxygens (including phenoxy) is 1. The number of nitrogens with one attached hydrogen (secondary N) is 2. The second kappa shape index (κ2) is 16.1. The lowest BCUT2D eigenvalue weighted by Gasteiger charge is -2.35. The van der Waals surface area contributed by atoms with E-state index in [-0.39, 0.29) is 18.2 Å². The highest BCUT2D eigenvalue weighted by atomic mass is 16.6. The van der Waals surface area contributed by atoms with Crippen LogP contribution in [0, 0.1) is 20.8 Å². The quantitative estimate of drug-likeness (QED) is 0.196. The van der Waals surface area contributed by atoms with Gasteiger partial charge in [0.25, 0.3) is 5.91 Å². The zero-order valence-electron chi connectivity index (χ0n) is 27.4. The summed E-state index contributed by atoms with van der Waals surface area (Å²) in [4.78, 5) is 43.7. The number of carbonyl (C=O) groups excluding carboxylic acids is 3. The van der Waals surface area contributed by atoms with Crippen LogP contribution in [0.3, 0.4) is 0 Å². The summed E-state index contributed by atoms with van der Waals surface area (Å²) in [7, 11) is 0. The van der Waals surface area contributed by atoms with Crippen LogP contribution in [-0.2, 0) is 20.7 Å². The Kier molecular flexibility index (Phi) is 12.6. The number of hydrogen-bond donors (Lipinski definition) is 2. The van der Waals surface area contributed by atoms with Crippen molar-refractivity contribution in [3.8, 4) is 0 Å². The third-order valence-electron chi connectivity index (χ3n) is 7.33. The molecule has 3 rings (SSSR count). The third kappa shape index (κ3) is 10.5. The van der Waals surface area contributed by atoms with Gasteiger partial charge in [0, 0.05) is 18.7 Å². The number of amides is 3. The number of rotatable bonds is 13. The minimum atomic E-state index is -0.946. The Morgan fingerprint density at radius 1 is 0.841 bits per heavy atom. The van der Waals surface area contributed by atoms with Crippen LogP contribution in [0.2, 0.25) is 0 Å². The lowest BCUT2D eigenvalue weighted by molar-refractivity contribution is -0.140. The van der Waals surface area contributed by atoms with Gasteiger partial charge in [-0.25, -0.2) is 4.79 Å². The van der Waals surface area contributed by atoms with Gasteiger partial charge in [0.05, 0.1) is 0 Å². The zero-order chi connectivity index (χ0) is 32.3. The fourth-order valence-corrected chi connectivity index (χ4v) is 5.33. The maximum absolute atomic E-state index is 14.7. The molecular formula is C37H49N3O4. The molecule has 0 spiro atoms. The molecule has 0 aliphatic carbocycles. The van der Waals surface area contributed by atoms with Crippen molar-refractivity contribution >= 4 is 23.6 Å². The Balaban J connectivity index is 2.10. The molecule has 0 aliphatic rings. The zero-order valence-corrected chi connectivity index (χ0v) is 27.4. The van der Waals surface area contributed by atoms with Crippen LogP contribution in [-0.4, -0.2) is 41.0 Å². The molecule has 0 saturated carbocycles. The van der Waals surface area contributed by atoms with Gasteiger partial charge in [-0.2, -0.15) is 0 Å². The predicted octanol–water partition coefficient (Wildman–Crippen LogP) is 7.84. The Morgan fingerprint density at radius 2 is 1.48 bits per heavy atom. The molecule has 0 saturated heterocycles. The molecule has 7 heteroatoms. The molecule has 0 bridgehead atoms. The Hall–Kier alpha value is -4.13. The SMILES string of the molecule is CCCCCCN(C(=O)C(Cc1ccccc1)NC(=O)OC(C)(C)C)C(C(=O)Nc1ccccc1C)c1cc(C)cc(C)c1. The highest BCUT2D eigenvalue weighted by Gasteiger charge is 2.36. The Bertz CT molecular complexity index is 1380. The van der Waals surface area contributed by atoms with Gasteiger partial charge in [-0.05, 0) is 70.7 Å². The topological polar surface area (TPSA) is 87.7 Å². The molecule has 0 aromatic heterocycles. The molecule has 0 heterocycles. The van der Waals surface area contributed by atoms with Crippen molar-refractivity contribution in [1.29, 1.82) is 0 Å². The summed E-state index contributed by atoms with van der Waals surface area (Å²) in [6, 6.07) is 21.3. The van der Waals surface area contributed by atoms with Gasteiger partial charge in [-0.1, -0.05) is 104 Å². The molecular weight excluding hydrogens is 550 g/mol. The first-order chi connectivity index (χ1) is 20.9. The summed E-state index contributed by atoms with van der Waals surface area (Å²) in [5.74, 6) is -0.635. The van der Waals surface area contributed by atoms with E-state index in [1.807, 2.05) is 87.5 Å². The molecule has 0 fully saturated rings. The third-order valence-corrected chi connectivity index (χ3v) is 7.33. The van der Waals surface area contributed by atoms with Crippen molar-refractivity contribution in [2.24, 2.45) is 0 Å². The van der Waals surface area contributed by atoms with Crippen molar-refractivity contribution < 1.29 is 19.1 Å². The molecule has 236 valence electrons. The number of anilines is 1. The van der Waals surface area contributed by atoms with E-state index in [0.717, 1.165) is 53.5 Å². The molecule has 3 aromatic rings. The molecule has 2 N–H and O–H groups in total. The van der Waals surface area contributed by atoms with Crippen molar-refractivity contribution in [3.05, 3.63) is 101 Å². The lowest BCUT2D eigenvalue weighted by atomic mass is 9.97. The predicted molar refractivity (Wildman–Crippen MR) is 178 cm³/mol. The van der Waals surface area contributed by atoms with E-state index in [9.17, 15) is 14.4 Å². The minimum absolute atomic E-state index is 0.253. The fourth-order valence-electron chi connectivity index (χ4n) is 5.33. The number of alkyl carbamates (subject to hydrolysis) is 1. The first-order valence-electron chi connectivity index (χ1n) is 15.7. The molecule has 2 unspecified atom stereocenters. The van der Waals surface area contributed by atoms with Crippen LogP contribution in [0.4, 0.5) is 10.5 Å². The summed E-state index contributed by atoms with van der Waals surface area (Å²) in [5.41, 5.74) is 4.50. The van der Waals surface area contributed by atoms with E-state index in [1.54, 1.807) is 25.7 Å². The van der Waals surface area contributed by atoms with E-state index < -0.39 is 23.8 Å². The number of nitrogens with zero attached hydrogens (tertiary/aromatic N) is 1. The molecule has 3 amide bonds. The summed E-state index contributed by atoms with van der Waals surface area (Å²) in [6.07, 6.45) is 3.29. The summed E-state index contributed by atoms with van der Waals surface area (Å²) in [6.45, 7) is 13.8. The van der Waals surface area contributed by atoms with Gasteiger partial charge < -0.3 is 20.3 Å². The average molecular weight is 600 g/mol. The molecule has 0 radical (unpaired) electrons. The first kappa shape index (κ1) is 34.4. The van der Waals surface area contributed by atoms with Crippen LogP contribution in [0.1, 0.15) is 87.2 Å². The number of para-hydroxylation sites is 1. The standard InChI is InChI=1S/C37H49N3O4/c1-8-9-10-16-21-40(35(42)32(25-29-18-12-11-13-19-29)39-36(43)44-37(5,6)7)33(30-23-26(2)22-27(3)24-30)34(41)38-31-20-15-14-17-28(31)4/h11-15,17-20,22-24,32-33H,8-10,16,21,25H2,1-7H3,(H,38,41)(H,39,43). The number of benzene rings is 3. The molecule has 44 heavy (non-hydrogen) atoms. The van der Waals surface area contributed by atoms with Gasteiger partial charge in [0.1, 0.15) is 17.7 Å². The van der Waals surface area contributed by atoms with Gasteiger partial charge in [-0.3, -0.25) is 9.59 Å². The second-order valence-corrected chi connectivity index (χ2v) is 12.6. The van der Waals surface area contributed by atoms with Gasteiger partial charge in [0.15, 0.2) is 0 Å². The molecule has 7 nitrogen and oxygen atoms in total. The van der Waals surface area contributed by atoms with Crippen LogP contribution >= 0.6 is 0 Å². The Morgan fingerprint density at radius 3 is 2.09 bits per heavy atom.